The lowest BCUT2D eigenvalue weighted by Gasteiger charge is -2.19. The lowest BCUT2D eigenvalue weighted by atomic mass is 9.87. The van der Waals surface area contributed by atoms with Gasteiger partial charge in [-0.05, 0) is 48.9 Å². The quantitative estimate of drug-likeness (QED) is 0.600. The molecule has 0 bridgehead atoms. The Morgan fingerprint density at radius 1 is 1.33 bits per heavy atom. The van der Waals surface area contributed by atoms with Gasteiger partial charge in [-0.1, -0.05) is 25.5 Å². The molecule has 1 aliphatic rings. The van der Waals surface area contributed by atoms with E-state index in [1.807, 2.05) is 30.3 Å². The highest BCUT2D eigenvalue weighted by atomic mass is 32.1. The highest BCUT2D eigenvalue weighted by molar-refractivity contribution is 7.18. The Kier molecular flexibility index (Phi) is 4.37. The summed E-state index contributed by atoms with van der Waals surface area (Å²) in [7, 11) is 0. The molecule has 0 spiro atoms. The zero-order valence-corrected chi connectivity index (χ0v) is 15.2. The summed E-state index contributed by atoms with van der Waals surface area (Å²) in [5.41, 5.74) is 2.32. The molecule has 5 heteroatoms. The Labute approximate surface area is 149 Å². The molecule has 1 aromatic carbocycles. The smallest absolute Gasteiger partial charge is 0.348 e. The van der Waals surface area contributed by atoms with E-state index in [-0.39, 0.29) is 12.6 Å². The van der Waals surface area contributed by atoms with Crippen LogP contribution in [0, 0.1) is 5.92 Å². The van der Waals surface area contributed by atoms with Crippen LogP contribution in [0.2, 0.25) is 0 Å². The van der Waals surface area contributed by atoms with Crippen molar-refractivity contribution < 1.29 is 9.53 Å². The average Bonchev–Trinajstić information content (AvgIpc) is 3.22. The second kappa shape index (κ2) is 6.65. The first-order valence-corrected chi connectivity index (χ1v) is 9.99. The van der Waals surface area contributed by atoms with Gasteiger partial charge in [-0.3, -0.25) is 0 Å². The van der Waals surface area contributed by atoms with Gasteiger partial charge < -0.3 is 4.74 Å². The molecule has 2 heterocycles. The highest BCUT2D eigenvalue weighted by Crippen LogP contribution is 2.34. The van der Waals surface area contributed by atoms with Gasteiger partial charge in [-0.15, -0.1) is 22.7 Å². The fourth-order valence-electron chi connectivity index (χ4n) is 3.23. The van der Waals surface area contributed by atoms with E-state index in [0.29, 0.717) is 0 Å². The lowest BCUT2D eigenvalue weighted by molar-refractivity contribution is 0.0478. The molecule has 0 saturated heterocycles. The van der Waals surface area contributed by atoms with E-state index in [4.69, 9.17) is 4.74 Å². The third kappa shape index (κ3) is 3.10. The van der Waals surface area contributed by atoms with Crippen molar-refractivity contribution in [3.8, 4) is 0 Å². The number of hydrogen-bond donors (Lipinski definition) is 0. The third-order valence-electron chi connectivity index (χ3n) is 4.63. The van der Waals surface area contributed by atoms with Crippen molar-refractivity contribution >= 4 is 38.9 Å². The lowest BCUT2D eigenvalue weighted by Crippen LogP contribution is -2.10. The van der Waals surface area contributed by atoms with Crippen LogP contribution < -0.4 is 0 Å². The van der Waals surface area contributed by atoms with E-state index in [0.717, 1.165) is 38.9 Å². The predicted molar refractivity (Wildman–Crippen MR) is 98.9 cm³/mol. The summed E-state index contributed by atoms with van der Waals surface area (Å²) in [6.07, 6.45) is 4.66. The first kappa shape index (κ1) is 15.8. The molecule has 0 unspecified atom stereocenters. The van der Waals surface area contributed by atoms with Crippen molar-refractivity contribution in [2.24, 2.45) is 5.92 Å². The Morgan fingerprint density at radius 2 is 2.21 bits per heavy atom. The number of aromatic nitrogens is 1. The molecule has 2 aromatic heterocycles. The predicted octanol–water partition coefficient (Wildman–Crippen LogP) is 5.23. The number of aryl methyl sites for hydroxylation is 1. The third-order valence-corrected chi connectivity index (χ3v) is 6.86. The van der Waals surface area contributed by atoms with E-state index in [2.05, 4.69) is 11.9 Å². The van der Waals surface area contributed by atoms with Gasteiger partial charge in [0, 0.05) is 4.88 Å². The first-order chi connectivity index (χ1) is 11.7. The zero-order valence-electron chi connectivity index (χ0n) is 13.6. The molecule has 0 amide bonds. The van der Waals surface area contributed by atoms with Gasteiger partial charge in [0.05, 0.1) is 10.2 Å². The molecule has 24 heavy (non-hydrogen) atoms. The van der Waals surface area contributed by atoms with Crippen LogP contribution in [0.1, 0.15) is 44.9 Å². The number of carbonyl (C=O) groups is 1. The molecule has 1 atom stereocenters. The summed E-state index contributed by atoms with van der Waals surface area (Å²) < 4.78 is 6.62. The molecule has 0 aliphatic heterocycles. The van der Waals surface area contributed by atoms with E-state index in [9.17, 15) is 4.79 Å². The van der Waals surface area contributed by atoms with Crippen LogP contribution in [0.5, 0.6) is 0 Å². The molecule has 0 fully saturated rings. The summed E-state index contributed by atoms with van der Waals surface area (Å²) >= 11 is 3.18. The number of para-hydroxylation sites is 1. The molecular formula is C19H19NO2S2. The van der Waals surface area contributed by atoms with Gasteiger partial charge in [0.1, 0.15) is 16.5 Å². The van der Waals surface area contributed by atoms with Gasteiger partial charge in [-0.25, -0.2) is 9.78 Å². The molecule has 0 saturated carbocycles. The standard InChI is InChI=1S/C19H19NO2S2/c1-2-12-7-8-15-13(9-12)10-17(23-15)19(21)22-11-18-20-14-5-3-4-6-16(14)24-18/h3-6,10,12H,2,7-9,11H2,1H3/t12-/m0/s1. The number of thiophene rings is 1. The number of rotatable bonds is 4. The topological polar surface area (TPSA) is 39.2 Å². The monoisotopic (exact) mass is 357 g/mol. The summed E-state index contributed by atoms with van der Waals surface area (Å²) in [5.74, 6) is 0.542. The SMILES string of the molecule is CC[C@H]1CCc2sc(C(=O)OCc3nc4ccccc4s3)cc2C1. The normalized spacial score (nSPS) is 17.0. The van der Waals surface area contributed by atoms with Crippen LogP contribution in [-0.4, -0.2) is 11.0 Å². The Morgan fingerprint density at radius 3 is 3.04 bits per heavy atom. The number of ether oxygens (including phenoxy) is 1. The maximum Gasteiger partial charge on any atom is 0.348 e. The van der Waals surface area contributed by atoms with Crippen LogP contribution in [0.15, 0.2) is 30.3 Å². The van der Waals surface area contributed by atoms with Crippen molar-refractivity contribution in [1.29, 1.82) is 0 Å². The number of hydrogen-bond acceptors (Lipinski definition) is 5. The van der Waals surface area contributed by atoms with Crippen LogP contribution in [-0.2, 0) is 24.2 Å². The minimum absolute atomic E-state index is 0.221. The van der Waals surface area contributed by atoms with Gasteiger partial charge >= 0.3 is 5.97 Å². The molecule has 0 N–H and O–H groups in total. The first-order valence-electron chi connectivity index (χ1n) is 8.36. The summed E-state index contributed by atoms with van der Waals surface area (Å²) in [6, 6.07) is 10.0. The number of nitrogens with zero attached hydrogens (tertiary/aromatic N) is 1. The molecular weight excluding hydrogens is 338 g/mol. The van der Waals surface area contributed by atoms with Crippen molar-refractivity contribution in [1.82, 2.24) is 4.98 Å². The van der Waals surface area contributed by atoms with Crippen molar-refractivity contribution in [2.45, 2.75) is 39.2 Å². The van der Waals surface area contributed by atoms with E-state index in [1.54, 1.807) is 22.7 Å². The zero-order chi connectivity index (χ0) is 16.5. The Balaban J connectivity index is 1.44. The average molecular weight is 358 g/mol. The Bertz CT molecular complexity index is 848. The van der Waals surface area contributed by atoms with Crippen LogP contribution in [0.3, 0.4) is 0 Å². The number of esters is 1. The number of carbonyl (C=O) groups excluding carboxylic acids is 1. The number of thiazole rings is 1. The Hall–Kier alpha value is -1.72. The second-order valence-electron chi connectivity index (χ2n) is 6.23. The highest BCUT2D eigenvalue weighted by Gasteiger charge is 2.22. The molecule has 3 nitrogen and oxygen atoms in total. The van der Waals surface area contributed by atoms with Gasteiger partial charge in [0.15, 0.2) is 0 Å². The van der Waals surface area contributed by atoms with Gasteiger partial charge in [0.25, 0.3) is 0 Å². The maximum absolute atomic E-state index is 12.4. The number of benzene rings is 1. The maximum atomic E-state index is 12.4. The molecule has 1 aliphatic carbocycles. The van der Waals surface area contributed by atoms with Crippen LogP contribution in [0.25, 0.3) is 10.2 Å². The largest absolute Gasteiger partial charge is 0.454 e. The molecule has 3 aromatic rings. The minimum atomic E-state index is -0.221. The fourth-order valence-corrected chi connectivity index (χ4v) is 5.21. The van der Waals surface area contributed by atoms with E-state index < -0.39 is 0 Å². The van der Waals surface area contributed by atoms with Crippen LogP contribution in [0.4, 0.5) is 0 Å². The molecule has 124 valence electrons. The van der Waals surface area contributed by atoms with Crippen LogP contribution >= 0.6 is 22.7 Å². The summed E-state index contributed by atoms with van der Waals surface area (Å²) in [6.45, 7) is 2.49. The van der Waals surface area contributed by atoms with Crippen molar-refractivity contribution in [3.05, 3.63) is 50.7 Å². The summed E-state index contributed by atoms with van der Waals surface area (Å²) in [5, 5.41) is 0.844. The van der Waals surface area contributed by atoms with E-state index >= 15 is 0 Å². The van der Waals surface area contributed by atoms with Crippen molar-refractivity contribution in [2.75, 3.05) is 0 Å². The molecule has 0 radical (unpaired) electrons. The van der Waals surface area contributed by atoms with E-state index in [1.165, 1.54) is 23.3 Å². The van der Waals surface area contributed by atoms with Gasteiger partial charge in [-0.2, -0.15) is 0 Å². The van der Waals surface area contributed by atoms with Crippen molar-refractivity contribution in [3.63, 3.8) is 0 Å². The minimum Gasteiger partial charge on any atom is -0.454 e. The second-order valence-corrected chi connectivity index (χ2v) is 8.48. The fraction of sp³-hybridized carbons (Fsp3) is 0.368. The summed E-state index contributed by atoms with van der Waals surface area (Å²) in [4.78, 5) is 19.0. The molecule has 4 rings (SSSR count). The number of fused-ring (bicyclic) bond motifs is 2. The van der Waals surface area contributed by atoms with Gasteiger partial charge in [0.2, 0.25) is 0 Å².